The minimum atomic E-state index is -0.343. The second kappa shape index (κ2) is 5.49. The van der Waals surface area contributed by atoms with E-state index in [0.717, 1.165) is 6.42 Å². The normalized spacial score (nSPS) is 27.4. The lowest BCUT2D eigenvalue weighted by molar-refractivity contribution is -0.125. The number of aliphatic hydroxyl groups excluding tert-OH is 1. The molecule has 2 aliphatic rings. The Morgan fingerprint density at radius 3 is 2.79 bits per heavy atom. The van der Waals surface area contributed by atoms with Crippen LogP contribution >= 0.6 is 0 Å². The minimum Gasteiger partial charge on any atom is -0.391 e. The Kier molecular flexibility index (Phi) is 4.14. The Bertz CT molecular complexity index is 420. The average molecular weight is 263 g/mol. The van der Waals surface area contributed by atoms with E-state index in [9.17, 15) is 9.90 Å². The fourth-order valence-electron chi connectivity index (χ4n) is 3.21. The van der Waals surface area contributed by atoms with Crippen molar-refractivity contribution in [2.75, 3.05) is 13.1 Å². The smallest absolute Gasteiger partial charge is 0.246 e. The van der Waals surface area contributed by atoms with E-state index in [2.05, 4.69) is 20.8 Å². The van der Waals surface area contributed by atoms with Crippen molar-refractivity contribution in [3.63, 3.8) is 0 Å². The Morgan fingerprint density at radius 2 is 2.21 bits per heavy atom. The van der Waals surface area contributed by atoms with E-state index in [1.165, 1.54) is 24.0 Å². The molecule has 0 aromatic heterocycles. The van der Waals surface area contributed by atoms with E-state index in [4.69, 9.17) is 0 Å². The molecule has 1 fully saturated rings. The molecule has 0 bridgehead atoms. The molecule has 106 valence electrons. The number of aliphatic hydroxyl groups is 1. The van der Waals surface area contributed by atoms with Crippen molar-refractivity contribution in [1.82, 2.24) is 4.90 Å². The van der Waals surface area contributed by atoms with Crippen LogP contribution in [0.2, 0.25) is 0 Å². The van der Waals surface area contributed by atoms with Gasteiger partial charge in [0.2, 0.25) is 5.91 Å². The van der Waals surface area contributed by atoms with Gasteiger partial charge in [-0.1, -0.05) is 25.5 Å². The minimum absolute atomic E-state index is 0.0261. The van der Waals surface area contributed by atoms with Gasteiger partial charge in [0, 0.05) is 19.2 Å². The molecule has 1 aliphatic carbocycles. The lowest BCUT2D eigenvalue weighted by Crippen LogP contribution is -2.28. The van der Waals surface area contributed by atoms with Gasteiger partial charge in [-0.05, 0) is 43.6 Å². The van der Waals surface area contributed by atoms with Crippen molar-refractivity contribution in [1.29, 1.82) is 0 Å². The molecule has 1 amide bonds. The summed E-state index contributed by atoms with van der Waals surface area (Å²) in [5.74, 6) is 0.0261. The topological polar surface area (TPSA) is 40.5 Å². The monoisotopic (exact) mass is 263 g/mol. The van der Waals surface area contributed by atoms with Crippen molar-refractivity contribution >= 4 is 5.91 Å². The van der Waals surface area contributed by atoms with Gasteiger partial charge in [0.05, 0.1) is 6.10 Å². The van der Waals surface area contributed by atoms with E-state index < -0.39 is 0 Å². The Morgan fingerprint density at radius 1 is 1.47 bits per heavy atom. The van der Waals surface area contributed by atoms with Gasteiger partial charge in [0.25, 0.3) is 0 Å². The number of amides is 1. The van der Waals surface area contributed by atoms with Gasteiger partial charge in [-0.3, -0.25) is 4.79 Å². The molecule has 19 heavy (non-hydrogen) atoms. The predicted octanol–water partition coefficient (Wildman–Crippen LogP) is 2.66. The molecule has 0 aromatic carbocycles. The first-order valence-corrected chi connectivity index (χ1v) is 7.25. The Balaban J connectivity index is 2.07. The number of hydrogen-bond donors (Lipinski definition) is 1. The highest BCUT2D eigenvalue weighted by Gasteiger charge is 2.27. The highest BCUT2D eigenvalue weighted by molar-refractivity contribution is 5.88. The first kappa shape index (κ1) is 14.3. The zero-order chi connectivity index (χ0) is 14.0. The summed E-state index contributed by atoms with van der Waals surface area (Å²) < 4.78 is 0. The molecule has 3 heteroatoms. The number of rotatable bonds is 2. The van der Waals surface area contributed by atoms with Crippen LogP contribution in [-0.4, -0.2) is 35.1 Å². The zero-order valence-electron chi connectivity index (χ0n) is 12.3. The predicted molar refractivity (Wildman–Crippen MR) is 76.7 cm³/mol. The number of allylic oxidation sites excluding steroid dienone is 3. The molecule has 1 saturated heterocycles. The summed E-state index contributed by atoms with van der Waals surface area (Å²) in [5, 5.41) is 9.46. The van der Waals surface area contributed by atoms with Crippen molar-refractivity contribution < 1.29 is 9.90 Å². The van der Waals surface area contributed by atoms with E-state index in [1.54, 1.807) is 11.0 Å². The highest BCUT2D eigenvalue weighted by Crippen LogP contribution is 2.40. The molecule has 2 rings (SSSR count). The zero-order valence-corrected chi connectivity index (χ0v) is 12.3. The summed E-state index contributed by atoms with van der Waals surface area (Å²) in [7, 11) is 0. The van der Waals surface area contributed by atoms with Gasteiger partial charge in [0.1, 0.15) is 0 Å². The van der Waals surface area contributed by atoms with E-state index >= 15 is 0 Å². The van der Waals surface area contributed by atoms with Gasteiger partial charge in [-0.15, -0.1) is 0 Å². The maximum Gasteiger partial charge on any atom is 0.246 e. The van der Waals surface area contributed by atoms with Crippen LogP contribution in [0.15, 0.2) is 23.3 Å². The fourth-order valence-corrected chi connectivity index (χ4v) is 3.21. The summed E-state index contributed by atoms with van der Waals surface area (Å²) in [6.07, 6.45) is 7.60. The number of carbonyl (C=O) groups excluding carboxylic acids is 1. The molecule has 1 atom stereocenters. The first-order chi connectivity index (χ1) is 8.90. The number of hydrogen-bond acceptors (Lipinski definition) is 2. The molecule has 3 nitrogen and oxygen atoms in total. The maximum atomic E-state index is 12.1. The standard InChI is InChI=1S/C16H25NO2/c1-12-5-4-9-16(2,3)14(12)6-7-15(19)17-10-8-13(18)11-17/h6-7,13,18H,4-5,8-11H2,1-3H3/b7-6+/t13-/m0/s1. The molecule has 0 unspecified atom stereocenters. The molecule has 0 radical (unpaired) electrons. The summed E-state index contributed by atoms with van der Waals surface area (Å²) in [6, 6.07) is 0. The van der Waals surface area contributed by atoms with Crippen LogP contribution in [0.1, 0.15) is 46.5 Å². The summed E-state index contributed by atoms with van der Waals surface area (Å²) >= 11 is 0. The largest absolute Gasteiger partial charge is 0.391 e. The van der Waals surface area contributed by atoms with Gasteiger partial charge in [-0.25, -0.2) is 0 Å². The van der Waals surface area contributed by atoms with Crippen LogP contribution in [0.3, 0.4) is 0 Å². The van der Waals surface area contributed by atoms with Crippen LogP contribution in [0.5, 0.6) is 0 Å². The quantitative estimate of drug-likeness (QED) is 0.778. The third kappa shape index (κ3) is 3.27. The van der Waals surface area contributed by atoms with Crippen LogP contribution in [-0.2, 0) is 4.79 Å². The van der Waals surface area contributed by atoms with Gasteiger partial charge < -0.3 is 10.0 Å². The molecule has 0 saturated carbocycles. The van der Waals surface area contributed by atoms with Crippen molar-refractivity contribution in [2.45, 2.75) is 52.6 Å². The lowest BCUT2D eigenvalue weighted by atomic mass is 9.72. The van der Waals surface area contributed by atoms with E-state index in [-0.39, 0.29) is 17.4 Å². The van der Waals surface area contributed by atoms with Crippen molar-refractivity contribution in [3.8, 4) is 0 Å². The molecule has 0 aromatic rings. The van der Waals surface area contributed by atoms with Crippen LogP contribution < -0.4 is 0 Å². The van der Waals surface area contributed by atoms with Gasteiger partial charge in [-0.2, -0.15) is 0 Å². The number of nitrogens with zero attached hydrogens (tertiary/aromatic N) is 1. The van der Waals surface area contributed by atoms with Crippen molar-refractivity contribution in [2.24, 2.45) is 5.41 Å². The SMILES string of the molecule is CC1=C(/C=C/C(=O)N2CC[C@H](O)C2)C(C)(C)CCC1. The highest BCUT2D eigenvalue weighted by atomic mass is 16.3. The lowest BCUT2D eigenvalue weighted by Gasteiger charge is -2.32. The van der Waals surface area contributed by atoms with Gasteiger partial charge in [0.15, 0.2) is 0 Å². The van der Waals surface area contributed by atoms with Crippen LogP contribution in [0.4, 0.5) is 0 Å². The number of carbonyl (C=O) groups is 1. The van der Waals surface area contributed by atoms with Crippen molar-refractivity contribution in [3.05, 3.63) is 23.3 Å². The molecular weight excluding hydrogens is 238 g/mol. The second-order valence-electron chi connectivity index (χ2n) is 6.49. The third-order valence-corrected chi connectivity index (χ3v) is 4.41. The van der Waals surface area contributed by atoms with E-state index in [0.29, 0.717) is 19.5 Å². The van der Waals surface area contributed by atoms with Gasteiger partial charge >= 0.3 is 0 Å². The Hall–Kier alpha value is -1.09. The second-order valence-corrected chi connectivity index (χ2v) is 6.49. The number of likely N-dealkylation sites (tertiary alicyclic amines) is 1. The molecule has 1 aliphatic heterocycles. The number of β-amino-alcohol motifs (C(OH)–C–C–N with tert-alkyl or cyclic N) is 1. The van der Waals surface area contributed by atoms with E-state index in [1.807, 2.05) is 6.08 Å². The summed E-state index contributed by atoms with van der Waals surface area (Å²) in [4.78, 5) is 13.8. The summed E-state index contributed by atoms with van der Waals surface area (Å²) in [5.41, 5.74) is 2.89. The molecule has 1 N–H and O–H groups in total. The molecular formula is C16H25NO2. The van der Waals surface area contributed by atoms with Crippen LogP contribution in [0, 0.1) is 5.41 Å². The maximum absolute atomic E-state index is 12.1. The third-order valence-electron chi connectivity index (χ3n) is 4.41. The molecule has 1 heterocycles. The Labute approximate surface area is 116 Å². The first-order valence-electron chi connectivity index (χ1n) is 7.25. The van der Waals surface area contributed by atoms with Crippen LogP contribution in [0.25, 0.3) is 0 Å². The molecule has 0 spiro atoms. The fraction of sp³-hybridized carbons (Fsp3) is 0.688. The average Bonchev–Trinajstić information content (AvgIpc) is 2.74. The summed E-state index contributed by atoms with van der Waals surface area (Å²) in [6.45, 7) is 7.82.